The molecule has 0 radical (unpaired) electrons. The van der Waals surface area contributed by atoms with Gasteiger partial charge in [0.05, 0.1) is 10.7 Å². The Hall–Kier alpha value is -0.210. The molecule has 0 bridgehead atoms. The second-order valence-corrected chi connectivity index (χ2v) is 5.19. The molecule has 2 rings (SSSR count). The molecule has 0 saturated carbocycles. The van der Waals surface area contributed by atoms with Crippen molar-refractivity contribution in [1.29, 1.82) is 0 Å². The molecule has 1 aliphatic heterocycles. The molecule has 0 aliphatic carbocycles. The SMILES string of the molecule is CC1CCN(c2c(Cl)cccc2CBr)C1. The molecule has 3 heteroatoms. The second-order valence-electron chi connectivity index (χ2n) is 4.22. The maximum atomic E-state index is 6.27. The minimum Gasteiger partial charge on any atom is -0.370 e. The largest absolute Gasteiger partial charge is 0.370 e. The first-order valence-corrected chi connectivity index (χ1v) is 6.80. The molecule has 1 nitrogen and oxygen atoms in total. The first-order valence-electron chi connectivity index (χ1n) is 5.30. The summed E-state index contributed by atoms with van der Waals surface area (Å²) in [5.41, 5.74) is 2.51. The van der Waals surface area contributed by atoms with Gasteiger partial charge in [0.2, 0.25) is 0 Å². The predicted molar refractivity (Wildman–Crippen MR) is 70.1 cm³/mol. The minimum absolute atomic E-state index is 0.782. The van der Waals surface area contributed by atoms with Crippen LogP contribution >= 0.6 is 27.5 Å². The van der Waals surface area contributed by atoms with Gasteiger partial charge in [0, 0.05) is 18.4 Å². The highest BCUT2D eigenvalue weighted by molar-refractivity contribution is 9.08. The van der Waals surface area contributed by atoms with E-state index in [1.807, 2.05) is 12.1 Å². The van der Waals surface area contributed by atoms with E-state index in [9.17, 15) is 0 Å². The van der Waals surface area contributed by atoms with Crippen molar-refractivity contribution in [3.05, 3.63) is 28.8 Å². The van der Waals surface area contributed by atoms with Gasteiger partial charge in [0.25, 0.3) is 0 Å². The van der Waals surface area contributed by atoms with Gasteiger partial charge in [-0.25, -0.2) is 0 Å². The van der Waals surface area contributed by atoms with E-state index in [1.165, 1.54) is 17.7 Å². The fourth-order valence-corrected chi connectivity index (χ4v) is 2.93. The Morgan fingerprint density at radius 1 is 1.53 bits per heavy atom. The standard InChI is InChI=1S/C12H15BrClN/c1-9-5-6-15(8-9)12-10(7-13)3-2-4-11(12)14/h2-4,9H,5-8H2,1H3. The monoisotopic (exact) mass is 287 g/mol. The highest BCUT2D eigenvalue weighted by atomic mass is 79.9. The molecule has 1 unspecified atom stereocenters. The minimum atomic E-state index is 0.782. The number of halogens is 2. The number of nitrogens with zero attached hydrogens (tertiary/aromatic N) is 1. The Morgan fingerprint density at radius 2 is 2.33 bits per heavy atom. The van der Waals surface area contributed by atoms with Crippen LogP contribution in [-0.2, 0) is 5.33 Å². The molecule has 15 heavy (non-hydrogen) atoms. The van der Waals surface area contributed by atoms with Crippen molar-refractivity contribution in [2.45, 2.75) is 18.7 Å². The number of rotatable bonds is 2. The average Bonchev–Trinajstić information content (AvgIpc) is 2.64. The highest BCUT2D eigenvalue weighted by Gasteiger charge is 2.22. The van der Waals surface area contributed by atoms with E-state index in [1.54, 1.807) is 0 Å². The average molecular weight is 289 g/mol. The third kappa shape index (κ3) is 2.31. The Kier molecular flexibility index (Phi) is 3.57. The summed E-state index contributed by atoms with van der Waals surface area (Å²) < 4.78 is 0. The maximum absolute atomic E-state index is 6.27. The molecule has 0 spiro atoms. The summed E-state index contributed by atoms with van der Waals surface area (Å²) >= 11 is 9.79. The number of benzene rings is 1. The van der Waals surface area contributed by atoms with Crippen LogP contribution in [0.25, 0.3) is 0 Å². The van der Waals surface area contributed by atoms with Crippen LogP contribution in [0.4, 0.5) is 5.69 Å². The van der Waals surface area contributed by atoms with Crippen LogP contribution in [0.3, 0.4) is 0 Å². The Balaban J connectivity index is 2.33. The topological polar surface area (TPSA) is 3.24 Å². The normalized spacial score (nSPS) is 21.0. The molecule has 0 amide bonds. The van der Waals surface area contributed by atoms with Gasteiger partial charge in [-0.3, -0.25) is 0 Å². The van der Waals surface area contributed by atoms with Crippen LogP contribution in [0.5, 0.6) is 0 Å². The summed E-state index contributed by atoms with van der Waals surface area (Å²) in [6.07, 6.45) is 1.27. The van der Waals surface area contributed by atoms with Gasteiger partial charge >= 0.3 is 0 Å². The van der Waals surface area contributed by atoms with Crippen LogP contribution in [0.2, 0.25) is 5.02 Å². The Morgan fingerprint density at radius 3 is 2.93 bits per heavy atom. The van der Waals surface area contributed by atoms with E-state index in [0.29, 0.717) is 0 Å². The van der Waals surface area contributed by atoms with Crippen LogP contribution < -0.4 is 4.90 Å². The van der Waals surface area contributed by atoms with Gasteiger partial charge in [-0.1, -0.05) is 46.6 Å². The zero-order chi connectivity index (χ0) is 10.8. The van der Waals surface area contributed by atoms with E-state index < -0.39 is 0 Å². The van der Waals surface area contributed by atoms with Crippen LogP contribution in [0, 0.1) is 5.92 Å². The summed E-state index contributed by atoms with van der Waals surface area (Å²) in [6, 6.07) is 6.13. The number of hydrogen-bond acceptors (Lipinski definition) is 1. The van der Waals surface area contributed by atoms with E-state index >= 15 is 0 Å². The lowest BCUT2D eigenvalue weighted by atomic mass is 10.1. The van der Waals surface area contributed by atoms with Crippen molar-refractivity contribution in [3.8, 4) is 0 Å². The second kappa shape index (κ2) is 4.75. The van der Waals surface area contributed by atoms with Gasteiger partial charge in [-0.05, 0) is 24.0 Å². The molecule has 1 atom stereocenters. The number of hydrogen-bond donors (Lipinski definition) is 0. The molecule has 1 fully saturated rings. The van der Waals surface area contributed by atoms with E-state index in [4.69, 9.17) is 11.6 Å². The highest BCUT2D eigenvalue weighted by Crippen LogP contribution is 2.34. The first-order chi connectivity index (χ1) is 7.22. The molecule has 0 N–H and O–H groups in total. The van der Waals surface area contributed by atoms with Gasteiger partial charge in [-0.15, -0.1) is 0 Å². The molecule has 1 aromatic rings. The van der Waals surface area contributed by atoms with Gasteiger partial charge in [0.15, 0.2) is 0 Å². The maximum Gasteiger partial charge on any atom is 0.0642 e. The molecular weight excluding hydrogens is 273 g/mol. The quantitative estimate of drug-likeness (QED) is 0.741. The summed E-state index contributed by atoms with van der Waals surface area (Å²) in [6.45, 7) is 4.55. The summed E-state index contributed by atoms with van der Waals surface area (Å²) in [7, 11) is 0. The molecule has 82 valence electrons. The van der Waals surface area contributed by atoms with Crippen molar-refractivity contribution >= 4 is 33.2 Å². The third-order valence-corrected chi connectivity index (χ3v) is 3.86. The van der Waals surface area contributed by atoms with Crippen molar-refractivity contribution in [1.82, 2.24) is 0 Å². The third-order valence-electron chi connectivity index (χ3n) is 2.95. The molecule has 1 aliphatic rings. The molecule has 1 aromatic carbocycles. The van der Waals surface area contributed by atoms with E-state index in [2.05, 4.69) is 33.8 Å². The summed E-state index contributed by atoms with van der Waals surface area (Å²) in [4.78, 5) is 2.41. The zero-order valence-corrected chi connectivity index (χ0v) is 11.2. The Labute approximate surface area is 105 Å². The van der Waals surface area contributed by atoms with Crippen molar-refractivity contribution in [2.24, 2.45) is 5.92 Å². The van der Waals surface area contributed by atoms with Crippen LogP contribution in [0.15, 0.2) is 18.2 Å². The molecular formula is C12H15BrClN. The lowest BCUT2D eigenvalue weighted by Gasteiger charge is -2.22. The lowest BCUT2D eigenvalue weighted by molar-refractivity contribution is 0.659. The predicted octanol–water partition coefficient (Wildman–Crippen LogP) is 4.08. The Bertz CT molecular complexity index is 353. The first kappa shape index (κ1) is 11.3. The summed E-state index contributed by atoms with van der Waals surface area (Å²) in [5, 5.41) is 1.74. The lowest BCUT2D eigenvalue weighted by Crippen LogP contribution is -2.20. The van der Waals surface area contributed by atoms with Crippen molar-refractivity contribution < 1.29 is 0 Å². The summed E-state index contributed by atoms with van der Waals surface area (Å²) in [5.74, 6) is 0.782. The fraction of sp³-hybridized carbons (Fsp3) is 0.500. The number of alkyl halides is 1. The van der Waals surface area contributed by atoms with Crippen LogP contribution in [0.1, 0.15) is 18.9 Å². The van der Waals surface area contributed by atoms with E-state index in [0.717, 1.165) is 29.4 Å². The van der Waals surface area contributed by atoms with E-state index in [-0.39, 0.29) is 0 Å². The zero-order valence-electron chi connectivity index (χ0n) is 8.84. The van der Waals surface area contributed by atoms with Crippen molar-refractivity contribution in [3.63, 3.8) is 0 Å². The van der Waals surface area contributed by atoms with Gasteiger partial charge in [-0.2, -0.15) is 0 Å². The number of anilines is 1. The molecule has 1 heterocycles. The number of para-hydroxylation sites is 1. The van der Waals surface area contributed by atoms with Gasteiger partial charge < -0.3 is 4.90 Å². The van der Waals surface area contributed by atoms with Gasteiger partial charge in [0.1, 0.15) is 0 Å². The van der Waals surface area contributed by atoms with Crippen molar-refractivity contribution in [2.75, 3.05) is 18.0 Å². The van der Waals surface area contributed by atoms with Crippen LogP contribution in [-0.4, -0.2) is 13.1 Å². The molecule has 1 saturated heterocycles. The fourth-order valence-electron chi connectivity index (χ4n) is 2.16. The smallest absolute Gasteiger partial charge is 0.0642 e. The molecule has 0 aromatic heterocycles.